The van der Waals surface area contributed by atoms with E-state index in [1.165, 1.54) is 0 Å². The van der Waals surface area contributed by atoms with Crippen LogP contribution >= 0.6 is 0 Å². The van der Waals surface area contributed by atoms with Crippen molar-refractivity contribution in [1.82, 2.24) is 9.97 Å². The van der Waals surface area contributed by atoms with Gasteiger partial charge in [0.1, 0.15) is 18.1 Å². The largest absolute Gasteiger partial charge is 0.474 e. The third-order valence-corrected chi connectivity index (χ3v) is 2.15. The monoisotopic (exact) mass is 256 g/mol. The molecule has 0 aliphatic rings. The van der Waals surface area contributed by atoms with Gasteiger partial charge < -0.3 is 25.3 Å². The van der Waals surface area contributed by atoms with Crippen LogP contribution in [0, 0.1) is 6.92 Å². The number of nitrogens with zero attached hydrogens (tertiary/aromatic N) is 2. The van der Waals surface area contributed by atoms with E-state index in [0.717, 1.165) is 0 Å². The highest BCUT2D eigenvalue weighted by Crippen LogP contribution is 2.25. The Bertz CT molecular complexity index is 342. The van der Waals surface area contributed by atoms with E-state index in [-0.39, 0.29) is 0 Å². The first-order chi connectivity index (χ1) is 8.69. The number of hydrogen-bond acceptors (Lipinski definition) is 7. The number of rotatable bonds is 8. The second kappa shape index (κ2) is 7.67. The second-order valence-corrected chi connectivity index (χ2v) is 3.60. The number of ether oxygens (including phenoxy) is 3. The van der Waals surface area contributed by atoms with Gasteiger partial charge in [0.05, 0.1) is 13.2 Å². The molecule has 0 spiro atoms. The van der Waals surface area contributed by atoms with E-state index in [9.17, 15) is 0 Å². The van der Waals surface area contributed by atoms with Crippen LogP contribution in [-0.2, 0) is 9.47 Å². The zero-order valence-corrected chi connectivity index (χ0v) is 11.0. The molecule has 1 rings (SSSR count). The summed E-state index contributed by atoms with van der Waals surface area (Å²) in [6.07, 6.45) is 0. The van der Waals surface area contributed by atoms with E-state index in [2.05, 4.69) is 15.3 Å². The molecule has 0 aromatic carbocycles. The van der Waals surface area contributed by atoms with Crippen molar-refractivity contribution in [3.63, 3.8) is 0 Å². The van der Waals surface area contributed by atoms with Crippen molar-refractivity contribution in [3.8, 4) is 5.88 Å². The van der Waals surface area contributed by atoms with Crippen LogP contribution in [0.5, 0.6) is 5.88 Å². The second-order valence-electron chi connectivity index (χ2n) is 3.60. The van der Waals surface area contributed by atoms with Crippen LogP contribution < -0.4 is 15.8 Å². The molecule has 0 saturated heterocycles. The highest BCUT2D eigenvalue weighted by atomic mass is 16.5. The maximum absolute atomic E-state index is 5.92. The van der Waals surface area contributed by atoms with E-state index in [4.69, 9.17) is 19.9 Å². The molecule has 7 heteroatoms. The Hall–Kier alpha value is -1.60. The quantitative estimate of drug-likeness (QED) is 0.652. The minimum absolute atomic E-state index is 0.375. The summed E-state index contributed by atoms with van der Waals surface area (Å²) in [5.74, 6) is 1.53. The van der Waals surface area contributed by atoms with Crippen molar-refractivity contribution in [2.45, 2.75) is 6.92 Å². The van der Waals surface area contributed by atoms with Gasteiger partial charge in [0.25, 0.3) is 0 Å². The van der Waals surface area contributed by atoms with Crippen molar-refractivity contribution >= 4 is 11.5 Å². The molecule has 102 valence electrons. The Kier molecular flexibility index (Phi) is 6.16. The molecule has 1 heterocycles. The van der Waals surface area contributed by atoms with Crippen molar-refractivity contribution in [3.05, 3.63) is 5.82 Å². The number of nitrogens with two attached hydrogens (primary N) is 1. The predicted octanol–water partition coefficient (Wildman–Crippen LogP) is 0.451. The summed E-state index contributed by atoms with van der Waals surface area (Å²) in [7, 11) is 3.24. The molecule has 0 aliphatic carbocycles. The molecule has 0 saturated carbocycles. The molecule has 0 radical (unpaired) electrons. The lowest BCUT2D eigenvalue weighted by atomic mass is 10.4. The van der Waals surface area contributed by atoms with Crippen LogP contribution in [-0.4, -0.2) is 50.6 Å². The van der Waals surface area contributed by atoms with Crippen LogP contribution in [0.1, 0.15) is 5.82 Å². The predicted molar refractivity (Wildman–Crippen MR) is 68.9 cm³/mol. The average molecular weight is 256 g/mol. The average Bonchev–Trinajstić information content (AvgIpc) is 2.35. The molecule has 18 heavy (non-hydrogen) atoms. The number of nitrogens with one attached hydrogen (secondary N) is 1. The van der Waals surface area contributed by atoms with E-state index in [0.29, 0.717) is 49.6 Å². The van der Waals surface area contributed by atoms with Gasteiger partial charge in [0.2, 0.25) is 5.88 Å². The molecule has 0 fully saturated rings. The van der Waals surface area contributed by atoms with Crippen molar-refractivity contribution in [1.29, 1.82) is 0 Å². The highest BCUT2D eigenvalue weighted by molar-refractivity contribution is 5.66. The van der Waals surface area contributed by atoms with Crippen LogP contribution in [0.3, 0.4) is 0 Å². The van der Waals surface area contributed by atoms with Gasteiger partial charge >= 0.3 is 0 Å². The summed E-state index contributed by atoms with van der Waals surface area (Å²) in [5, 5.41) is 3.07. The third-order valence-electron chi connectivity index (χ3n) is 2.15. The lowest BCUT2D eigenvalue weighted by molar-refractivity contribution is 0.144. The van der Waals surface area contributed by atoms with Crippen LogP contribution in [0.15, 0.2) is 0 Å². The summed E-state index contributed by atoms with van der Waals surface area (Å²) in [6, 6.07) is 0. The molecule has 1 aromatic heterocycles. The van der Waals surface area contributed by atoms with Gasteiger partial charge in [-0.3, -0.25) is 0 Å². The Labute approximate surface area is 107 Å². The van der Waals surface area contributed by atoms with Crippen molar-refractivity contribution < 1.29 is 14.2 Å². The number of methoxy groups -OCH3 is 2. The minimum Gasteiger partial charge on any atom is -0.474 e. The highest BCUT2D eigenvalue weighted by Gasteiger charge is 2.10. The van der Waals surface area contributed by atoms with Gasteiger partial charge in [0, 0.05) is 20.8 Å². The van der Waals surface area contributed by atoms with Gasteiger partial charge in [0.15, 0.2) is 5.82 Å². The van der Waals surface area contributed by atoms with Gasteiger partial charge in [-0.15, -0.1) is 0 Å². The first-order valence-electron chi connectivity index (χ1n) is 5.67. The molecule has 1 aromatic rings. The van der Waals surface area contributed by atoms with Gasteiger partial charge in [-0.2, -0.15) is 4.98 Å². The zero-order valence-electron chi connectivity index (χ0n) is 11.0. The molecular formula is C11H20N4O3. The number of anilines is 2. The lowest BCUT2D eigenvalue weighted by Crippen LogP contribution is -2.14. The van der Waals surface area contributed by atoms with Gasteiger partial charge in [-0.1, -0.05) is 0 Å². The fraction of sp³-hybridized carbons (Fsp3) is 0.636. The summed E-state index contributed by atoms with van der Waals surface area (Å²) < 4.78 is 15.3. The molecule has 0 atom stereocenters. The first kappa shape index (κ1) is 14.5. The maximum Gasteiger partial charge on any atom is 0.242 e. The summed E-state index contributed by atoms with van der Waals surface area (Å²) in [5.41, 5.74) is 6.32. The molecule has 3 N–H and O–H groups in total. The van der Waals surface area contributed by atoms with Crippen LogP contribution in [0.4, 0.5) is 11.5 Å². The Morgan fingerprint density at radius 3 is 2.50 bits per heavy atom. The number of aromatic nitrogens is 2. The Morgan fingerprint density at radius 1 is 1.11 bits per heavy atom. The van der Waals surface area contributed by atoms with Crippen molar-refractivity contribution in [2.75, 3.05) is 51.6 Å². The molecule has 0 amide bonds. The fourth-order valence-corrected chi connectivity index (χ4v) is 1.29. The molecule has 0 unspecified atom stereocenters. The first-order valence-corrected chi connectivity index (χ1v) is 5.67. The number of nitrogen functional groups attached to an aromatic ring is 1. The zero-order chi connectivity index (χ0) is 13.4. The summed E-state index contributed by atoms with van der Waals surface area (Å²) in [6.45, 7) is 3.85. The lowest BCUT2D eigenvalue weighted by Gasteiger charge is -2.12. The summed E-state index contributed by atoms with van der Waals surface area (Å²) in [4.78, 5) is 8.37. The van der Waals surface area contributed by atoms with Gasteiger partial charge in [-0.25, -0.2) is 4.98 Å². The minimum atomic E-state index is 0.375. The molecule has 0 aliphatic heterocycles. The third kappa shape index (κ3) is 4.34. The van der Waals surface area contributed by atoms with E-state index in [1.807, 2.05) is 0 Å². The van der Waals surface area contributed by atoms with Crippen molar-refractivity contribution in [2.24, 2.45) is 0 Å². The van der Waals surface area contributed by atoms with Crippen LogP contribution in [0.2, 0.25) is 0 Å². The maximum atomic E-state index is 5.92. The smallest absolute Gasteiger partial charge is 0.242 e. The number of aryl methyl sites for hydroxylation is 1. The van der Waals surface area contributed by atoms with E-state index < -0.39 is 0 Å². The fourth-order valence-electron chi connectivity index (χ4n) is 1.29. The molecular weight excluding hydrogens is 236 g/mol. The van der Waals surface area contributed by atoms with E-state index >= 15 is 0 Å². The normalized spacial score (nSPS) is 10.4. The standard InChI is InChI=1S/C11H20N4O3/c1-8-14-10(13-4-5-16-2)9(12)11(15-8)18-7-6-17-3/h4-7,12H2,1-3H3,(H,13,14,15). The Balaban J connectivity index is 2.71. The Morgan fingerprint density at radius 2 is 1.83 bits per heavy atom. The number of hydrogen-bond donors (Lipinski definition) is 2. The van der Waals surface area contributed by atoms with Gasteiger partial charge in [-0.05, 0) is 6.92 Å². The molecule has 0 bridgehead atoms. The SMILES string of the molecule is COCCNc1nc(C)nc(OCCOC)c1N. The van der Waals surface area contributed by atoms with E-state index in [1.54, 1.807) is 21.1 Å². The topological polar surface area (TPSA) is 91.5 Å². The summed E-state index contributed by atoms with van der Waals surface area (Å²) >= 11 is 0. The molecule has 7 nitrogen and oxygen atoms in total. The van der Waals surface area contributed by atoms with Crippen LogP contribution in [0.25, 0.3) is 0 Å².